The molecule has 2 aliphatic heterocycles. The van der Waals surface area contributed by atoms with Crippen molar-refractivity contribution >= 4 is 21.9 Å². The number of fused-ring (bicyclic) bond motifs is 2. The predicted octanol–water partition coefficient (Wildman–Crippen LogP) is 3.89. The minimum absolute atomic E-state index is 0.0427. The Balaban J connectivity index is 1.41. The second kappa shape index (κ2) is 8.52. The van der Waals surface area contributed by atoms with Crippen LogP contribution in [0.15, 0.2) is 45.6 Å². The molecular weight excluding hydrogens is 392 g/mol. The summed E-state index contributed by atoms with van der Waals surface area (Å²) in [6.45, 7) is 4.13. The third-order valence-corrected chi connectivity index (χ3v) is 6.55. The highest BCUT2D eigenvalue weighted by Gasteiger charge is 2.20. The summed E-state index contributed by atoms with van der Waals surface area (Å²) in [4.78, 5) is 17.9. The molecule has 0 N–H and O–H groups in total. The van der Waals surface area contributed by atoms with Crippen LogP contribution in [0.1, 0.15) is 25.7 Å². The summed E-state index contributed by atoms with van der Waals surface area (Å²) in [5.41, 5.74) is 1.12. The van der Waals surface area contributed by atoms with Gasteiger partial charge in [-0.3, -0.25) is 4.79 Å². The van der Waals surface area contributed by atoms with E-state index in [1.165, 1.54) is 0 Å². The average Bonchev–Trinajstić information content (AvgIpc) is 2.78. The van der Waals surface area contributed by atoms with Crippen molar-refractivity contribution in [1.82, 2.24) is 9.80 Å². The number of hydrogen-bond donors (Lipinski definition) is 0. The Kier molecular flexibility index (Phi) is 5.59. The largest absolute Gasteiger partial charge is 0.490 e. The van der Waals surface area contributed by atoms with Gasteiger partial charge >= 0.3 is 0 Å². The standard InChI is InChI=1S/C25H30N2O4/c1-26-11-7-17(8-12-26)29-19-3-5-23-21(15-19)25(28)22-16-20(4-6-24(22)31-23)30-18-9-13-27(2)14-10-18/h3-6,15-18H,7-14H2,1-2H3. The second-order valence-electron chi connectivity index (χ2n) is 8.99. The SMILES string of the molecule is CN1CCC(Oc2ccc3oc4ccc(OC5CCN(C)CC5)cc4c(=O)c3c2)CC1. The normalized spacial score (nSPS) is 19.8. The molecule has 6 nitrogen and oxygen atoms in total. The molecule has 31 heavy (non-hydrogen) atoms. The Labute approximate surface area is 182 Å². The molecule has 3 heterocycles. The number of ether oxygens (including phenoxy) is 2. The highest BCUT2D eigenvalue weighted by Crippen LogP contribution is 2.27. The fourth-order valence-corrected chi connectivity index (χ4v) is 4.55. The van der Waals surface area contributed by atoms with Crippen molar-refractivity contribution in [2.24, 2.45) is 0 Å². The Morgan fingerprint density at radius 2 is 1.16 bits per heavy atom. The third-order valence-electron chi connectivity index (χ3n) is 6.55. The zero-order valence-electron chi connectivity index (χ0n) is 18.3. The van der Waals surface area contributed by atoms with Gasteiger partial charge in [0.1, 0.15) is 34.9 Å². The minimum Gasteiger partial charge on any atom is -0.490 e. The van der Waals surface area contributed by atoms with Gasteiger partial charge in [-0.15, -0.1) is 0 Å². The second-order valence-corrected chi connectivity index (χ2v) is 8.99. The molecule has 0 radical (unpaired) electrons. The van der Waals surface area contributed by atoms with E-state index in [0.717, 1.165) is 63.4 Å². The van der Waals surface area contributed by atoms with Crippen LogP contribution in [0.2, 0.25) is 0 Å². The molecule has 2 aliphatic rings. The van der Waals surface area contributed by atoms with E-state index in [9.17, 15) is 4.79 Å². The van der Waals surface area contributed by atoms with Gasteiger partial charge in [-0.25, -0.2) is 0 Å². The van der Waals surface area contributed by atoms with Crippen LogP contribution in [0.5, 0.6) is 11.5 Å². The molecule has 0 aliphatic carbocycles. The summed E-state index contributed by atoms with van der Waals surface area (Å²) in [7, 11) is 4.26. The highest BCUT2D eigenvalue weighted by molar-refractivity contribution is 5.90. The first-order valence-electron chi connectivity index (χ1n) is 11.3. The molecule has 0 bridgehead atoms. The third kappa shape index (κ3) is 4.41. The van der Waals surface area contributed by atoms with Gasteiger partial charge in [-0.05, 0) is 76.2 Å². The lowest BCUT2D eigenvalue weighted by atomic mass is 10.1. The summed E-state index contributed by atoms with van der Waals surface area (Å²) in [5, 5.41) is 1.10. The van der Waals surface area contributed by atoms with Crippen LogP contribution < -0.4 is 14.9 Å². The van der Waals surface area contributed by atoms with Crippen LogP contribution in [0, 0.1) is 0 Å². The summed E-state index contributed by atoms with van der Waals surface area (Å²) in [6.07, 6.45) is 4.38. The van der Waals surface area contributed by atoms with E-state index >= 15 is 0 Å². The molecule has 2 fully saturated rings. The van der Waals surface area contributed by atoms with Crippen LogP contribution in [0.3, 0.4) is 0 Å². The molecule has 5 rings (SSSR count). The van der Waals surface area contributed by atoms with Gasteiger partial charge < -0.3 is 23.7 Å². The van der Waals surface area contributed by atoms with E-state index in [1.54, 1.807) is 0 Å². The first-order valence-corrected chi connectivity index (χ1v) is 11.3. The molecule has 3 aromatic rings. The molecule has 0 saturated carbocycles. The van der Waals surface area contributed by atoms with E-state index in [2.05, 4.69) is 23.9 Å². The quantitative estimate of drug-likeness (QED) is 0.595. The molecule has 2 saturated heterocycles. The lowest BCUT2D eigenvalue weighted by molar-refractivity contribution is 0.114. The molecule has 164 valence electrons. The van der Waals surface area contributed by atoms with Crippen molar-refractivity contribution in [3.05, 3.63) is 46.6 Å². The van der Waals surface area contributed by atoms with Gasteiger partial charge in [0.2, 0.25) is 5.43 Å². The van der Waals surface area contributed by atoms with Crippen LogP contribution in [0.25, 0.3) is 21.9 Å². The summed E-state index contributed by atoms with van der Waals surface area (Å²) in [6, 6.07) is 11.1. The predicted molar refractivity (Wildman–Crippen MR) is 122 cm³/mol. The van der Waals surface area contributed by atoms with Gasteiger partial charge in [-0.1, -0.05) is 0 Å². The van der Waals surface area contributed by atoms with Crippen LogP contribution in [0.4, 0.5) is 0 Å². The number of piperidine rings is 2. The maximum atomic E-state index is 13.3. The molecule has 0 amide bonds. The van der Waals surface area contributed by atoms with Crippen molar-refractivity contribution in [2.75, 3.05) is 40.3 Å². The fourth-order valence-electron chi connectivity index (χ4n) is 4.55. The zero-order valence-corrected chi connectivity index (χ0v) is 18.3. The van der Waals surface area contributed by atoms with Crippen LogP contribution in [-0.4, -0.2) is 62.3 Å². The van der Waals surface area contributed by atoms with E-state index in [-0.39, 0.29) is 17.6 Å². The molecule has 6 heteroatoms. The lowest BCUT2D eigenvalue weighted by Crippen LogP contribution is -2.35. The Morgan fingerprint density at radius 1 is 0.742 bits per heavy atom. The molecule has 2 aromatic carbocycles. The molecule has 0 unspecified atom stereocenters. The summed E-state index contributed by atoms with van der Waals surface area (Å²) < 4.78 is 18.4. The van der Waals surface area contributed by atoms with Gasteiger partial charge in [0.15, 0.2) is 0 Å². The first-order chi connectivity index (χ1) is 15.0. The van der Waals surface area contributed by atoms with Gasteiger partial charge in [0.05, 0.1) is 10.8 Å². The van der Waals surface area contributed by atoms with Crippen molar-refractivity contribution in [2.45, 2.75) is 37.9 Å². The van der Waals surface area contributed by atoms with Crippen molar-refractivity contribution in [3.63, 3.8) is 0 Å². The minimum atomic E-state index is -0.0427. The van der Waals surface area contributed by atoms with Crippen LogP contribution >= 0.6 is 0 Å². The van der Waals surface area contributed by atoms with Gasteiger partial charge in [0, 0.05) is 26.2 Å². The van der Waals surface area contributed by atoms with E-state index < -0.39 is 0 Å². The fraction of sp³-hybridized carbons (Fsp3) is 0.480. The maximum absolute atomic E-state index is 13.3. The number of rotatable bonds is 4. The van der Waals surface area contributed by atoms with Crippen LogP contribution in [-0.2, 0) is 0 Å². The highest BCUT2D eigenvalue weighted by atomic mass is 16.5. The number of nitrogens with zero attached hydrogens (tertiary/aromatic N) is 2. The monoisotopic (exact) mass is 422 g/mol. The summed E-state index contributed by atoms with van der Waals surface area (Å²) >= 11 is 0. The van der Waals surface area contributed by atoms with Crippen molar-refractivity contribution < 1.29 is 13.9 Å². The Morgan fingerprint density at radius 3 is 1.58 bits per heavy atom. The topological polar surface area (TPSA) is 55.2 Å². The van der Waals surface area contributed by atoms with E-state index in [0.29, 0.717) is 21.9 Å². The molecular formula is C25H30N2O4. The van der Waals surface area contributed by atoms with E-state index in [1.807, 2.05) is 36.4 Å². The summed E-state index contributed by atoms with van der Waals surface area (Å²) in [5.74, 6) is 1.46. The molecule has 0 atom stereocenters. The van der Waals surface area contributed by atoms with Gasteiger partial charge in [0.25, 0.3) is 0 Å². The average molecular weight is 423 g/mol. The first kappa shape index (κ1) is 20.3. The zero-order chi connectivity index (χ0) is 21.4. The Bertz CT molecular complexity index is 1040. The maximum Gasteiger partial charge on any atom is 0.200 e. The smallest absolute Gasteiger partial charge is 0.200 e. The van der Waals surface area contributed by atoms with Crippen molar-refractivity contribution in [3.8, 4) is 11.5 Å². The number of benzene rings is 2. The van der Waals surface area contributed by atoms with Crippen molar-refractivity contribution in [1.29, 1.82) is 0 Å². The Hall–Kier alpha value is -2.57. The number of hydrogen-bond acceptors (Lipinski definition) is 6. The molecule has 0 spiro atoms. The lowest BCUT2D eigenvalue weighted by Gasteiger charge is -2.29. The number of likely N-dealkylation sites (tertiary alicyclic amines) is 2. The molecule has 1 aromatic heterocycles. The van der Waals surface area contributed by atoms with Gasteiger partial charge in [-0.2, -0.15) is 0 Å². The van der Waals surface area contributed by atoms with E-state index in [4.69, 9.17) is 13.9 Å².